The summed E-state index contributed by atoms with van der Waals surface area (Å²) >= 11 is 5.29. The Kier molecular flexibility index (Phi) is 5.39. The van der Waals surface area contributed by atoms with E-state index < -0.39 is 0 Å². The van der Waals surface area contributed by atoms with Gasteiger partial charge in [0, 0.05) is 13.6 Å². The number of hydrogen-bond donors (Lipinski definition) is 0. The molecule has 0 atom stereocenters. The summed E-state index contributed by atoms with van der Waals surface area (Å²) in [7, 11) is 3.37. The molecule has 0 aliphatic carbocycles. The molecule has 1 fully saturated rings. The third-order valence-corrected chi connectivity index (χ3v) is 4.00. The van der Waals surface area contributed by atoms with E-state index >= 15 is 0 Å². The van der Waals surface area contributed by atoms with Crippen molar-refractivity contribution < 1.29 is 14.3 Å². The molecule has 1 heterocycles. The van der Waals surface area contributed by atoms with Gasteiger partial charge in [-0.2, -0.15) is 0 Å². The summed E-state index contributed by atoms with van der Waals surface area (Å²) in [5.41, 5.74) is 1.38. The van der Waals surface area contributed by atoms with Crippen LogP contribution in [-0.2, 0) is 4.79 Å². The second-order valence-corrected chi connectivity index (χ2v) is 5.30. The minimum Gasteiger partial charge on any atom is -0.493 e. The molecule has 0 spiro atoms. The average molecular weight is 332 g/mol. The number of nitrogens with zero attached hydrogens (tertiary/aromatic N) is 2. The first-order valence-corrected chi connectivity index (χ1v) is 7.67. The molecule has 0 radical (unpaired) electrons. The van der Waals surface area contributed by atoms with Crippen molar-refractivity contribution in [1.29, 1.82) is 0 Å². The number of thiocarbonyl (C=S) groups is 1. The minimum absolute atomic E-state index is 0.0917. The zero-order chi connectivity index (χ0) is 17.0. The number of methoxy groups -OCH3 is 1. The van der Waals surface area contributed by atoms with Crippen molar-refractivity contribution in [2.45, 2.75) is 6.92 Å². The smallest absolute Gasteiger partial charge is 0.276 e. The minimum atomic E-state index is -0.0917. The zero-order valence-corrected chi connectivity index (χ0v) is 14.4. The summed E-state index contributed by atoms with van der Waals surface area (Å²) in [6.07, 6.45) is 3.46. The van der Waals surface area contributed by atoms with Gasteiger partial charge < -0.3 is 14.4 Å². The SMILES string of the molecule is C=CCOc1ccc(/C=C2\C(=O)N(CC)C(=S)N2C)cc1OC. The predicted molar refractivity (Wildman–Crippen MR) is 94.4 cm³/mol. The number of rotatable bonds is 6. The van der Waals surface area contributed by atoms with Crippen LogP contribution in [0, 0.1) is 0 Å². The van der Waals surface area contributed by atoms with Crippen LogP contribution in [0.4, 0.5) is 0 Å². The van der Waals surface area contributed by atoms with E-state index in [9.17, 15) is 4.79 Å². The summed E-state index contributed by atoms with van der Waals surface area (Å²) in [5.74, 6) is 1.14. The van der Waals surface area contributed by atoms with Crippen LogP contribution in [0.2, 0.25) is 0 Å². The molecule has 1 aromatic rings. The molecule has 0 bridgehead atoms. The topological polar surface area (TPSA) is 42.0 Å². The van der Waals surface area contributed by atoms with Crippen LogP contribution in [0.25, 0.3) is 6.08 Å². The van der Waals surface area contributed by atoms with E-state index in [1.54, 1.807) is 36.1 Å². The van der Waals surface area contributed by atoms with Gasteiger partial charge in [-0.25, -0.2) is 0 Å². The summed E-state index contributed by atoms with van der Waals surface area (Å²) in [6.45, 7) is 6.47. The van der Waals surface area contributed by atoms with E-state index in [0.717, 1.165) is 5.56 Å². The van der Waals surface area contributed by atoms with Crippen molar-refractivity contribution in [1.82, 2.24) is 9.80 Å². The molecule has 1 saturated heterocycles. The van der Waals surface area contributed by atoms with Crippen LogP contribution in [0.1, 0.15) is 12.5 Å². The molecular weight excluding hydrogens is 312 g/mol. The van der Waals surface area contributed by atoms with Gasteiger partial charge >= 0.3 is 0 Å². The van der Waals surface area contributed by atoms with Gasteiger partial charge in [0.2, 0.25) is 0 Å². The number of benzene rings is 1. The molecular formula is C17H20N2O3S. The maximum Gasteiger partial charge on any atom is 0.276 e. The lowest BCUT2D eigenvalue weighted by Gasteiger charge is -2.13. The molecule has 1 aliphatic heterocycles. The highest BCUT2D eigenvalue weighted by atomic mass is 32.1. The van der Waals surface area contributed by atoms with Crippen LogP contribution in [0.3, 0.4) is 0 Å². The Morgan fingerprint density at radius 2 is 2.09 bits per heavy atom. The van der Waals surface area contributed by atoms with Gasteiger partial charge in [-0.3, -0.25) is 9.69 Å². The van der Waals surface area contributed by atoms with Gasteiger partial charge in [-0.05, 0) is 42.9 Å². The fraction of sp³-hybridized carbons (Fsp3) is 0.294. The van der Waals surface area contributed by atoms with Crippen molar-refractivity contribution in [3.63, 3.8) is 0 Å². The Bertz CT molecular complexity index is 670. The normalized spacial score (nSPS) is 16.2. The van der Waals surface area contributed by atoms with Gasteiger partial charge in [0.25, 0.3) is 5.91 Å². The highest BCUT2D eigenvalue weighted by Gasteiger charge is 2.34. The Morgan fingerprint density at radius 3 is 2.65 bits per heavy atom. The molecule has 122 valence electrons. The first-order valence-electron chi connectivity index (χ1n) is 7.26. The molecule has 6 heteroatoms. The number of carbonyl (C=O) groups excluding carboxylic acids is 1. The summed E-state index contributed by atoms with van der Waals surface area (Å²) < 4.78 is 10.9. The molecule has 0 saturated carbocycles. The zero-order valence-electron chi connectivity index (χ0n) is 13.5. The Hall–Kier alpha value is -2.34. The van der Waals surface area contributed by atoms with E-state index in [4.69, 9.17) is 21.7 Å². The summed E-state index contributed by atoms with van der Waals surface area (Å²) in [5, 5.41) is 0.515. The highest BCUT2D eigenvalue weighted by Crippen LogP contribution is 2.30. The standard InChI is InChI=1S/C17H20N2O3S/c1-5-9-22-14-8-7-12(11-15(14)21-4)10-13-16(20)19(6-2)17(23)18(13)3/h5,7-8,10-11H,1,6,9H2,2-4H3/b13-10+. The number of likely N-dealkylation sites (N-methyl/N-ethyl adjacent to an activating group) is 2. The number of hydrogen-bond acceptors (Lipinski definition) is 4. The lowest BCUT2D eigenvalue weighted by Crippen LogP contribution is -2.30. The van der Waals surface area contributed by atoms with Gasteiger partial charge in [0.1, 0.15) is 12.3 Å². The van der Waals surface area contributed by atoms with Crippen molar-refractivity contribution in [3.8, 4) is 11.5 Å². The number of ether oxygens (including phenoxy) is 2. The lowest BCUT2D eigenvalue weighted by molar-refractivity contribution is -0.122. The Labute approximate surface area is 141 Å². The molecule has 0 unspecified atom stereocenters. The van der Waals surface area contributed by atoms with Crippen molar-refractivity contribution in [2.75, 3.05) is 27.3 Å². The van der Waals surface area contributed by atoms with E-state index in [0.29, 0.717) is 35.5 Å². The third-order valence-electron chi connectivity index (χ3n) is 3.51. The maximum atomic E-state index is 12.4. The van der Waals surface area contributed by atoms with Gasteiger partial charge in [0.05, 0.1) is 7.11 Å². The number of carbonyl (C=O) groups is 1. The van der Waals surface area contributed by atoms with Crippen LogP contribution in [-0.4, -0.2) is 48.1 Å². The van der Waals surface area contributed by atoms with Crippen LogP contribution in [0.5, 0.6) is 11.5 Å². The average Bonchev–Trinajstić information content (AvgIpc) is 2.76. The highest BCUT2D eigenvalue weighted by molar-refractivity contribution is 7.80. The van der Waals surface area contributed by atoms with Crippen LogP contribution < -0.4 is 9.47 Å². The Morgan fingerprint density at radius 1 is 1.35 bits per heavy atom. The van der Waals surface area contributed by atoms with E-state index in [2.05, 4.69) is 6.58 Å². The van der Waals surface area contributed by atoms with Crippen molar-refractivity contribution in [3.05, 3.63) is 42.1 Å². The molecule has 5 nitrogen and oxygen atoms in total. The second-order valence-electron chi connectivity index (χ2n) is 4.93. The molecule has 1 amide bonds. The van der Waals surface area contributed by atoms with E-state index in [-0.39, 0.29) is 5.91 Å². The first-order chi connectivity index (χ1) is 11.0. The van der Waals surface area contributed by atoms with Crippen LogP contribution in [0.15, 0.2) is 36.6 Å². The second kappa shape index (κ2) is 7.28. The quantitative estimate of drug-likeness (QED) is 0.455. The molecule has 1 aliphatic rings. The fourth-order valence-corrected chi connectivity index (χ4v) is 2.60. The van der Waals surface area contributed by atoms with Gasteiger partial charge in [-0.1, -0.05) is 18.7 Å². The predicted octanol–water partition coefficient (Wildman–Crippen LogP) is 2.68. The maximum absolute atomic E-state index is 12.4. The van der Waals surface area contributed by atoms with E-state index in [1.165, 1.54) is 0 Å². The largest absolute Gasteiger partial charge is 0.493 e. The third kappa shape index (κ3) is 3.37. The summed E-state index contributed by atoms with van der Waals surface area (Å²) in [6, 6.07) is 5.50. The van der Waals surface area contributed by atoms with E-state index in [1.807, 2.05) is 25.1 Å². The van der Waals surface area contributed by atoms with Crippen LogP contribution >= 0.6 is 12.2 Å². The number of amides is 1. The fourth-order valence-electron chi connectivity index (χ4n) is 2.29. The van der Waals surface area contributed by atoms with Crippen molar-refractivity contribution in [2.24, 2.45) is 0 Å². The van der Waals surface area contributed by atoms with Gasteiger partial charge in [0.15, 0.2) is 16.6 Å². The molecule has 2 rings (SSSR count). The molecule has 1 aromatic carbocycles. The molecule has 0 N–H and O–H groups in total. The van der Waals surface area contributed by atoms with Crippen molar-refractivity contribution >= 4 is 29.3 Å². The lowest BCUT2D eigenvalue weighted by atomic mass is 10.1. The summed E-state index contributed by atoms with van der Waals surface area (Å²) in [4.78, 5) is 15.7. The monoisotopic (exact) mass is 332 g/mol. The first kappa shape index (κ1) is 17.0. The Balaban J connectivity index is 2.34. The van der Waals surface area contributed by atoms with Gasteiger partial charge in [-0.15, -0.1) is 0 Å². The molecule has 0 aromatic heterocycles. The molecule has 23 heavy (non-hydrogen) atoms.